The Morgan fingerprint density at radius 2 is 2.05 bits per heavy atom. The monoisotopic (exact) mass is 306 g/mol. The molecule has 0 unspecified atom stereocenters. The van der Waals surface area contributed by atoms with Crippen molar-refractivity contribution in [2.24, 2.45) is 5.41 Å². The van der Waals surface area contributed by atoms with Gasteiger partial charge < -0.3 is 15.0 Å². The highest BCUT2D eigenvalue weighted by Crippen LogP contribution is 2.48. The Balaban J connectivity index is 2.13. The zero-order valence-electron chi connectivity index (χ0n) is 13.9. The third kappa shape index (κ3) is 2.82. The second kappa shape index (κ2) is 6.65. The van der Waals surface area contributed by atoms with Gasteiger partial charge in [0.15, 0.2) is 0 Å². The SMILES string of the molecule is CCO[C@H]1C[C@@H](NC(=O)c2ccc(C)[nH]c2=O)C1(CC)CC. The number of rotatable bonds is 6. The van der Waals surface area contributed by atoms with E-state index in [1.165, 1.54) is 0 Å². The predicted octanol–water partition coefficient (Wildman–Crippen LogP) is 2.40. The van der Waals surface area contributed by atoms with Gasteiger partial charge >= 0.3 is 0 Å². The van der Waals surface area contributed by atoms with Gasteiger partial charge in [0.25, 0.3) is 11.5 Å². The molecule has 0 aliphatic heterocycles. The van der Waals surface area contributed by atoms with E-state index in [0.717, 1.165) is 25.0 Å². The smallest absolute Gasteiger partial charge is 0.260 e. The van der Waals surface area contributed by atoms with Gasteiger partial charge in [-0.2, -0.15) is 0 Å². The fraction of sp³-hybridized carbons (Fsp3) is 0.647. The van der Waals surface area contributed by atoms with Gasteiger partial charge in [-0.25, -0.2) is 0 Å². The first kappa shape index (κ1) is 16.7. The number of carbonyl (C=O) groups is 1. The summed E-state index contributed by atoms with van der Waals surface area (Å²) in [6.45, 7) is 8.73. The third-order valence-electron chi connectivity index (χ3n) is 5.07. The largest absolute Gasteiger partial charge is 0.378 e. The molecule has 1 aliphatic rings. The highest BCUT2D eigenvalue weighted by Gasteiger charge is 2.53. The van der Waals surface area contributed by atoms with Gasteiger partial charge in [0.2, 0.25) is 0 Å². The Hall–Kier alpha value is -1.62. The second-order valence-electron chi connectivity index (χ2n) is 6.03. The predicted molar refractivity (Wildman–Crippen MR) is 86.1 cm³/mol. The van der Waals surface area contributed by atoms with Crippen molar-refractivity contribution in [3.05, 3.63) is 33.7 Å². The van der Waals surface area contributed by atoms with Crippen LogP contribution in [0.15, 0.2) is 16.9 Å². The second-order valence-corrected chi connectivity index (χ2v) is 6.03. The van der Waals surface area contributed by atoms with Gasteiger partial charge in [0.05, 0.1) is 6.10 Å². The highest BCUT2D eigenvalue weighted by molar-refractivity contribution is 5.94. The summed E-state index contributed by atoms with van der Waals surface area (Å²) in [5.74, 6) is -0.299. The van der Waals surface area contributed by atoms with E-state index in [1.54, 1.807) is 19.1 Å². The summed E-state index contributed by atoms with van der Waals surface area (Å²) in [6, 6.07) is 3.39. The Labute approximate surface area is 131 Å². The van der Waals surface area contributed by atoms with E-state index >= 15 is 0 Å². The van der Waals surface area contributed by atoms with Gasteiger partial charge in [-0.05, 0) is 45.2 Å². The first-order chi connectivity index (χ1) is 10.5. The lowest BCUT2D eigenvalue weighted by Crippen LogP contribution is -2.64. The number of hydrogen-bond donors (Lipinski definition) is 2. The van der Waals surface area contributed by atoms with Gasteiger partial charge in [-0.1, -0.05) is 13.8 Å². The van der Waals surface area contributed by atoms with Crippen LogP contribution in [0.4, 0.5) is 0 Å². The van der Waals surface area contributed by atoms with Crippen LogP contribution < -0.4 is 10.9 Å². The maximum Gasteiger partial charge on any atom is 0.260 e. The van der Waals surface area contributed by atoms with Crippen LogP contribution >= 0.6 is 0 Å². The van der Waals surface area contributed by atoms with Crippen molar-refractivity contribution in [2.45, 2.75) is 59.1 Å². The molecule has 0 saturated heterocycles. The number of H-pyrrole nitrogens is 1. The summed E-state index contributed by atoms with van der Waals surface area (Å²) in [5.41, 5.74) is 0.560. The number of ether oxygens (including phenoxy) is 1. The summed E-state index contributed by atoms with van der Waals surface area (Å²) in [6.07, 6.45) is 2.90. The lowest BCUT2D eigenvalue weighted by atomic mass is 9.58. The average Bonchev–Trinajstić information content (AvgIpc) is 2.47. The van der Waals surface area contributed by atoms with E-state index in [2.05, 4.69) is 24.1 Å². The Bertz CT molecular complexity index is 590. The molecule has 1 heterocycles. The molecule has 1 saturated carbocycles. The standard InChI is InChI=1S/C17H26N2O3/c1-5-17(6-2)13(10-14(17)22-7-3)19-16(21)12-9-8-11(4)18-15(12)20/h8-9,13-14H,5-7,10H2,1-4H3,(H,18,20)(H,19,21)/t13-,14+/m1/s1. The van der Waals surface area contributed by atoms with E-state index in [9.17, 15) is 9.59 Å². The number of carbonyl (C=O) groups excluding carboxylic acids is 1. The summed E-state index contributed by atoms with van der Waals surface area (Å²) in [4.78, 5) is 27.0. The van der Waals surface area contributed by atoms with Crippen LogP contribution in [0.5, 0.6) is 0 Å². The number of amides is 1. The molecule has 22 heavy (non-hydrogen) atoms. The van der Waals surface area contributed by atoms with Crippen LogP contribution in [0.2, 0.25) is 0 Å². The lowest BCUT2D eigenvalue weighted by Gasteiger charge is -2.55. The van der Waals surface area contributed by atoms with Crippen LogP contribution in [0, 0.1) is 12.3 Å². The average molecular weight is 306 g/mol. The number of pyridine rings is 1. The molecule has 0 aromatic carbocycles. The fourth-order valence-electron chi connectivity index (χ4n) is 3.57. The molecule has 1 aromatic heterocycles. The van der Waals surface area contributed by atoms with Crippen LogP contribution in [0.3, 0.4) is 0 Å². The first-order valence-corrected chi connectivity index (χ1v) is 8.10. The molecule has 1 amide bonds. The Morgan fingerprint density at radius 3 is 2.59 bits per heavy atom. The van der Waals surface area contributed by atoms with Crippen LogP contribution in [0.1, 0.15) is 56.1 Å². The number of aromatic amines is 1. The third-order valence-corrected chi connectivity index (χ3v) is 5.07. The molecule has 0 bridgehead atoms. The normalized spacial score (nSPS) is 22.9. The summed E-state index contributed by atoms with van der Waals surface area (Å²) in [5, 5.41) is 3.04. The molecule has 1 fully saturated rings. The van der Waals surface area contributed by atoms with Crippen LogP contribution in [0.25, 0.3) is 0 Å². The van der Waals surface area contributed by atoms with Crippen molar-refractivity contribution in [3.63, 3.8) is 0 Å². The minimum absolute atomic E-state index is 0.0247. The molecule has 2 atom stereocenters. The number of nitrogens with one attached hydrogen (secondary N) is 2. The van der Waals surface area contributed by atoms with E-state index in [4.69, 9.17) is 4.74 Å². The minimum atomic E-state index is -0.336. The van der Waals surface area contributed by atoms with Crippen molar-refractivity contribution in [1.82, 2.24) is 10.3 Å². The summed E-state index contributed by atoms with van der Waals surface area (Å²) < 4.78 is 5.81. The van der Waals surface area contributed by atoms with Crippen LogP contribution in [-0.2, 0) is 4.74 Å². The first-order valence-electron chi connectivity index (χ1n) is 8.10. The highest BCUT2D eigenvalue weighted by atomic mass is 16.5. The van der Waals surface area contributed by atoms with E-state index < -0.39 is 0 Å². The number of hydrogen-bond acceptors (Lipinski definition) is 3. The summed E-state index contributed by atoms with van der Waals surface area (Å²) in [7, 11) is 0. The zero-order valence-corrected chi connectivity index (χ0v) is 13.9. The van der Waals surface area contributed by atoms with Gasteiger partial charge in [-0.3, -0.25) is 9.59 Å². The topological polar surface area (TPSA) is 71.2 Å². The molecule has 0 radical (unpaired) electrons. The van der Waals surface area contributed by atoms with Crippen molar-refractivity contribution in [1.29, 1.82) is 0 Å². The van der Waals surface area contributed by atoms with Crippen molar-refractivity contribution >= 4 is 5.91 Å². The quantitative estimate of drug-likeness (QED) is 0.847. The van der Waals surface area contributed by atoms with Gasteiger partial charge in [-0.15, -0.1) is 0 Å². The Kier molecular flexibility index (Phi) is 5.06. The van der Waals surface area contributed by atoms with Crippen molar-refractivity contribution in [3.8, 4) is 0 Å². The molecule has 5 heteroatoms. The Morgan fingerprint density at radius 1 is 1.36 bits per heavy atom. The van der Waals surface area contributed by atoms with E-state index in [0.29, 0.717) is 6.61 Å². The molecule has 2 rings (SSSR count). The molecule has 0 spiro atoms. The molecular formula is C17H26N2O3. The molecule has 2 N–H and O–H groups in total. The number of aryl methyl sites for hydroxylation is 1. The fourth-order valence-corrected chi connectivity index (χ4v) is 3.57. The van der Waals surface area contributed by atoms with Gasteiger partial charge in [0.1, 0.15) is 5.56 Å². The maximum atomic E-state index is 12.4. The zero-order chi connectivity index (χ0) is 16.3. The minimum Gasteiger partial charge on any atom is -0.378 e. The molecule has 5 nitrogen and oxygen atoms in total. The van der Waals surface area contributed by atoms with Crippen molar-refractivity contribution in [2.75, 3.05) is 6.61 Å². The van der Waals surface area contributed by atoms with Crippen molar-refractivity contribution < 1.29 is 9.53 Å². The van der Waals surface area contributed by atoms with Crippen LogP contribution in [-0.4, -0.2) is 29.6 Å². The maximum absolute atomic E-state index is 12.4. The molecule has 1 aliphatic carbocycles. The van der Waals surface area contributed by atoms with Gasteiger partial charge in [0, 0.05) is 23.8 Å². The molecule has 122 valence electrons. The summed E-state index contributed by atoms with van der Waals surface area (Å²) >= 11 is 0. The molecule has 1 aromatic rings. The number of aromatic nitrogens is 1. The molecular weight excluding hydrogens is 280 g/mol. The van der Waals surface area contributed by atoms with E-state index in [-0.39, 0.29) is 34.6 Å². The lowest BCUT2D eigenvalue weighted by molar-refractivity contribution is -0.134. The van der Waals surface area contributed by atoms with E-state index in [1.807, 2.05) is 6.92 Å².